The second-order valence-electron chi connectivity index (χ2n) is 8.47. The number of ether oxygens (including phenoxy) is 2. The number of allylic oxidation sites excluding steroid dienone is 4. The van der Waals surface area contributed by atoms with Crippen LogP contribution in [-0.4, -0.2) is 23.3 Å². The molecule has 0 spiro atoms. The van der Waals surface area contributed by atoms with Crippen molar-refractivity contribution in [2.45, 2.75) is 77.1 Å². The third-order valence-electron chi connectivity index (χ3n) is 5.08. The Labute approximate surface area is 145 Å². The van der Waals surface area contributed by atoms with Crippen LogP contribution in [0.25, 0.3) is 0 Å². The van der Waals surface area contributed by atoms with Gasteiger partial charge in [0.25, 0.3) is 0 Å². The van der Waals surface area contributed by atoms with E-state index in [2.05, 4.69) is 37.3 Å². The Bertz CT molecular complexity index is 572. The molecule has 0 saturated heterocycles. The average Bonchev–Trinajstić information content (AvgIpc) is 3.27. The van der Waals surface area contributed by atoms with Gasteiger partial charge in [0.2, 0.25) is 0 Å². The minimum atomic E-state index is -0.720. The number of carbonyl (C=O) groups is 1. The van der Waals surface area contributed by atoms with Crippen LogP contribution in [0.2, 0.25) is 0 Å². The maximum Gasteiger partial charge on any atom is 0.338 e. The fourth-order valence-electron chi connectivity index (χ4n) is 3.62. The van der Waals surface area contributed by atoms with Gasteiger partial charge in [-0.3, -0.25) is 0 Å². The second-order valence-corrected chi connectivity index (χ2v) is 8.47. The fourth-order valence-corrected chi connectivity index (χ4v) is 3.62. The lowest BCUT2D eigenvalue weighted by Gasteiger charge is -2.35. The molecule has 3 nitrogen and oxygen atoms in total. The average molecular weight is 330 g/mol. The lowest BCUT2D eigenvalue weighted by molar-refractivity contribution is -0.176. The molecule has 3 rings (SSSR count). The Hall–Kier alpha value is -1.35. The molecule has 0 aromatic heterocycles. The van der Waals surface area contributed by atoms with Crippen LogP contribution < -0.4 is 0 Å². The topological polar surface area (TPSA) is 35.5 Å². The van der Waals surface area contributed by atoms with E-state index in [-0.39, 0.29) is 12.1 Å². The molecular formula is C21H30O3. The third kappa shape index (κ3) is 4.00. The van der Waals surface area contributed by atoms with Crippen LogP contribution in [0.4, 0.5) is 0 Å². The van der Waals surface area contributed by atoms with E-state index >= 15 is 0 Å². The van der Waals surface area contributed by atoms with Crippen molar-refractivity contribution in [3.8, 4) is 0 Å². The molecule has 3 aliphatic rings. The van der Waals surface area contributed by atoms with Gasteiger partial charge < -0.3 is 9.47 Å². The summed E-state index contributed by atoms with van der Waals surface area (Å²) in [5.74, 6) is 0.742. The van der Waals surface area contributed by atoms with Crippen molar-refractivity contribution >= 4 is 5.97 Å². The van der Waals surface area contributed by atoms with Crippen molar-refractivity contribution in [2.24, 2.45) is 11.8 Å². The van der Waals surface area contributed by atoms with Crippen molar-refractivity contribution in [3.63, 3.8) is 0 Å². The van der Waals surface area contributed by atoms with Gasteiger partial charge in [-0.05, 0) is 65.7 Å². The van der Waals surface area contributed by atoms with Gasteiger partial charge in [0, 0.05) is 5.92 Å². The van der Waals surface area contributed by atoms with Crippen LogP contribution in [0.3, 0.4) is 0 Å². The molecule has 0 aromatic rings. The van der Waals surface area contributed by atoms with E-state index in [9.17, 15) is 4.79 Å². The zero-order valence-electron chi connectivity index (χ0n) is 15.4. The Morgan fingerprint density at radius 1 is 1.25 bits per heavy atom. The molecule has 1 saturated carbocycles. The van der Waals surface area contributed by atoms with Gasteiger partial charge in [-0.25, -0.2) is 4.79 Å². The smallest absolute Gasteiger partial charge is 0.338 e. The van der Waals surface area contributed by atoms with Crippen LogP contribution in [0.5, 0.6) is 0 Å². The first-order chi connectivity index (χ1) is 11.3. The van der Waals surface area contributed by atoms with Gasteiger partial charge in [-0.1, -0.05) is 36.0 Å². The standard InChI is InChI=1S/C21H30O3/c1-15-10-11-17(16-8-6-5-7-9-16)18(14-15)23-21(12-13-21)19(22)24-20(2,3)4/h5-6,10-11,14,16-18H,7-9,12-13H2,1-4H3. The molecule has 0 heterocycles. The third-order valence-corrected chi connectivity index (χ3v) is 5.08. The van der Waals surface area contributed by atoms with E-state index < -0.39 is 11.2 Å². The van der Waals surface area contributed by atoms with Crippen molar-refractivity contribution < 1.29 is 14.3 Å². The van der Waals surface area contributed by atoms with Crippen molar-refractivity contribution in [1.82, 2.24) is 0 Å². The van der Waals surface area contributed by atoms with Crippen LogP contribution in [0, 0.1) is 11.8 Å². The summed E-state index contributed by atoms with van der Waals surface area (Å²) in [6, 6.07) is 0. The van der Waals surface area contributed by atoms with Gasteiger partial charge in [0.15, 0.2) is 5.60 Å². The van der Waals surface area contributed by atoms with Crippen LogP contribution in [0.15, 0.2) is 36.0 Å². The van der Waals surface area contributed by atoms with Crippen LogP contribution >= 0.6 is 0 Å². The highest BCUT2D eigenvalue weighted by molar-refractivity contribution is 5.83. The molecule has 0 aliphatic heterocycles. The molecule has 0 aromatic carbocycles. The number of rotatable bonds is 4. The van der Waals surface area contributed by atoms with E-state index in [1.165, 1.54) is 12.0 Å². The van der Waals surface area contributed by atoms with E-state index in [0.29, 0.717) is 11.8 Å². The Kier molecular flexibility index (Phi) is 4.74. The summed E-state index contributed by atoms with van der Waals surface area (Å²) in [6.45, 7) is 7.82. The minimum absolute atomic E-state index is 0.0264. The van der Waals surface area contributed by atoms with Crippen molar-refractivity contribution in [3.05, 3.63) is 36.0 Å². The molecule has 24 heavy (non-hydrogen) atoms. The zero-order valence-corrected chi connectivity index (χ0v) is 15.4. The first-order valence-electron chi connectivity index (χ1n) is 9.22. The largest absolute Gasteiger partial charge is 0.458 e. The summed E-state index contributed by atoms with van der Waals surface area (Å²) in [4.78, 5) is 12.6. The first-order valence-corrected chi connectivity index (χ1v) is 9.22. The molecule has 1 fully saturated rings. The predicted molar refractivity (Wildman–Crippen MR) is 95.6 cm³/mol. The first kappa shape index (κ1) is 17.5. The molecule has 3 unspecified atom stereocenters. The Morgan fingerprint density at radius 2 is 2.00 bits per heavy atom. The lowest BCUT2D eigenvalue weighted by Crippen LogP contribution is -2.40. The summed E-state index contributed by atoms with van der Waals surface area (Å²) < 4.78 is 12.0. The summed E-state index contributed by atoms with van der Waals surface area (Å²) in [5, 5.41) is 0. The normalized spacial score (nSPS) is 31.5. The van der Waals surface area contributed by atoms with E-state index in [4.69, 9.17) is 9.47 Å². The van der Waals surface area contributed by atoms with Gasteiger partial charge in [0.1, 0.15) is 5.60 Å². The number of hydrogen-bond acceptors (Lipinski definition) is 3. The number of esters is 1. The summed E-state index contributed by atoms with van der Waals surface area (Å²) in [7, 11) is 0. The second kappa shape index (κ2) is 6.51. The number of hydrogen-bond donors (Lipinski definition) is 0. The SMILES string of the molecule is CC1=CC(OC2(C(=O)OC(C)(C)C)CC2)C(C2CC=CCC2)C=C1. The van der Waals surface area contributed by atoms with E-state index in [0.717, 1.165) is 25.7 Å². The molecule has 0 amide bonds. The fraction of sp³-hybridized carbons (Fsp3) is 0.667. The highest BCUT2D eigenvalue weighted by Crippen LogP contribution is 2.45. The summed E-state index contributed by atoms with van der Waals surface area (Å²) in [5.41, 5.74) is 0.0207. The maximum absolute atomic E-state index is 12.6. The minimum Gasteiger partial charge on any atom is -0.458 e. The molecule has 0 radical (unpaired) electrons. The monoisotopic (exact) mass is 330 g/mol. The van der Waals surface area contributed by atoms with E-state index in [1.807, 2.05) is 20.8 Å². The van der Waals surface area contributed by atoms with Gasteiger partial charge in [-0.2, -0.15) is 0 Å². The molecule has 0 bridgehead atoms. The predicted octanol–water partition coefficient (Wildman–Crippen LogP) is 4.73. The summed E-state index contributed by atoms with van der Waals surface area (Å²) >= 11 is 0. The highest BCUT2D eigenvalue weighted by Gasteiger charge is 2.56. The summed E-state index contributed by atoms with van der Waals surface area (Å²) in [6.07, 6.45) is 16.2. The molecule has 3 atom stereocenters. The molecule has 132 valence electrons. The molecule has 0 N–H and O–H groups in total. The van der Waals surface area contributed by atoms with Crippen molar-refractivity contribution in [1.29, 1.82) is 0 Å². The van der Waals surface area contributed by atoms with E-state index in [1.54, 1.807) is 0 Å². The highest BCUT2D eigenvalue weighted by atomic mass is 16.6. The van der Waals surface area contributed by atoms with Gasteiger partial charge in [-0.15, -0.1) is 0 Å². The number of carbonyl (C=O) groups excluding carboxylic acids is 1. The van der Waals surface area contributed by atoms with Gasteiger partial charge >= 0.3 is 5.97 Å². The lowest BCUT2D eigenvalue weighted by atomic mass is 9.77. The Morgan fingerprint density at radius 3 is 2.58 bits per heavy atom. The maximum atomic E-state index is 12.6. The van der Waals surface area contributed by atoms with Crippen molar-refractivity contribution in [2.75, 3.05) is 0 Å². The molecular weight excluding hydrogens is 300 g/mol. The Balaban J connectivity index is 1.72. The quantitative estimate of drug-likeness (QED) is 0.552. The molecule has 3 heteroatoms. The van der Waals surface area contributed by atoms with Crippen LogP contribution in [0.1, 0.15) is 59.8 Å². The zero-order chi connectivity index (χ0) is 17.4. The van der Waals surface area contributed by atoms with Gasteiger partial charge in [0.05, 0.1) is 6.10 Å². The molecule has 3 aliphatic carbocycles. The van der Waals surface area contributed by atoms with Crippen LogP contribution in [-0.2, 0) is 14.3 Å².